The number of terminal acetylenes is 1. The summed E-state index contributed by atoms with van der Waals surface area (Å²) in [5.74, 6) is 5.15. The van der Waals surface area contributed by atoms with E-state index in [0.717, 1.165) is 0 Å². The van der Waals surface area contributed by atoms with Crippen molar-refractivity contribution in [2.75, 3.05) is 20.5 Å². The summed E-state index contributed by atoms with van der Waals surface area (Å²) in [7, 11) is -0.0562. The molecule has 0 aromatic rings. The molecule has 0 aliphatic heterocycles. The van der Waals surface area contributed by atoms with Crippen molar-refractivity contribution in [2.24, 2.45) is 0 Å². The van der Waals surface area contributed by atoms with Crippen molar-refractivity contribution < 1.29 is 19.7 Å². The molecule has 0 radical (unpaired) electrons. The van der Waals surface area contributed by atoms with Crippen molar-refractivity contribution >= 4 is 8.07 Å². The molecule has 0 saturated heterocycles. The highest BCUT2D eigenvalue weighted by Crippen LogP contribution is 2.17. The van der Waals surface area contributed by atoms with Crippen LogP contribution < -0.4 is 0 Å². The van der Waals surface area contributed by atoms with Crippen molar-refractivity contribution in [2.45, 2.75) is 37.8 Å². The molecule has 2 atom stereocenters. The van der Waals surface area contributed by atoms with Gasteiger partial charge in [0.1, 0.15) is 21.0 Å². The lowest BCUT2D eigenvalue weighted by molar-refractivity contribution is -0.147. The zero-order chi connectivity index (χ0) is 14.2. The van der Waals surface area contributed by atoms with E-state index >= 15 is 0 Å². The Morgan fingerprint density at radius 1 is 1.39 bits per heavy atom. The molecular weight excluding hydrogens is 248 g/mol. The van der Waals surface area contributed by atoms with Crippen LogP contribution in [0.5, 0.6) is 0 Å². The Labute approximate surface area is 110 Å². The summed E-state index contributed by atoms with van der Waals surface area (Å²) in [4.78, 5) is 0. The first-order chi connectivity index (χ1) is 8.29. The maximum atomic E-state index is 10.2. The Morgan fingerprint density at radius 2 is 2.00 bits per heavy atom. The third kappa shape index (κ3) is 6.20. The molecule has 102 valence electrons. The maximum Gasteiger partial charge on any atom is 0.164 e. The lowest BCUT2D eigenvalue weighted by atomic mass is 9.94. The molecule has 0 saturated carbocycles. The zero-order valence-electron chi connectivity index (χ0n) is 11.5. The van der Waals surface area contributed by atoms with Crippen LogP contribution in [0.1, 0.15) is 6.42 Å². The van der Waals surface area contributed by atoms with Gasteiger partial charge in [0.2, 0.25) is 0 Å². The van der Waals surface area contributed by atoms with E-state index < -0.39 is 26.4 Å². The summed E-state index contributed by atoms with van der Waals surface area (Å²) in [6, 6.07) is 0. The molecule has 5 heteroatoms. The molecule has 0 unspecified atom stereocenters. The quantitative estimate of drug-likeness (QED) is 0.422. The minimum absolute atomic E-state index is 0.0450. The van der Waals surface area contributed by atoms with Crippen LogP contribution in [0, 0.1) is 23.8 Å². The minimum atomic E-state index is -1.60. The fourth-order valence-electron chi connectivity index (χ4n) is 1.19. The Morgan fingerprint density at radius 3 is 2.39 bits per heavy atom. The summed E-state index contributed by atoms with van der Waals surface area (Å²) in [5, 5.41) is 19.4. The topological polar surface area (TPSA) is 58.9 Å². The standard InChI is InChI=1S/C13H22O4Si/c1-6-13(15,8-7-9-18(3,4)5)12(10-14)17-11-16-2/h1,12,14-15H,8,10-11H2,2-5H3/t12-,13-/m0/s1. The largest absolute Gasteiger partial charge is 0.394 e. The Kier molecular flexibility index (Phi) is 7.23. The van der Waals surface area contributed by atoms with Crippen molar-refractivity contribution in [3.8, 4) is 23.8 Å². The van der Waals surface area contributed by atoms with Crippen LogP contribution in [0.2, 0.25) is 19.6 Å². The summed E-state index contributed by atoms with van der Waals surface area (Å²) in [5.41, 5.74) is 1.51. The van der Waals surface area contributed by atoms with Crippen LogP contribution in [0.4, 0.5) is 0 Å². The fraction of sp³-hybridized carbons (Fsp3) is 0.692. The number of aliphatic hydroxyl groups is 2. The van der Waals surface area contributed by atoms with Gasteiger partial charge in [0.25, 0.3) is 0 Å². The highest BCUT2D eigenvalue weighted by molar-refractivity contribution is 6.83. The summed E-state index contributed by atoms with van der Waals surface area (Å²) >= 11 is 0. The second-order valence-corrected chi connectivity index (χ2v) is 9.79. The van der Waals surface area contributed by atoms with Gasteiger partial charge in [-0.25, -0.2) is 0 Å². The number of aliphatic hydroxyl groups excluding tert-OH is 1. The first-order valence-electron chi connectivity index (χ1n) is 5.70. The second kappa shape index (κ2) is 7.58. The van der Waals surface area contributed by atoms with Gasteiger partial charge in [0.05, 0.1) is 13.0 Å². The van der Waals surface area contributed by atoms with Gasteiger partial charge in [0.15, 0.2) is 5.60 Å². The van der Waals surface area contributed by atoms with Crippen molar-refractivity contribution in [3.05, 3.63) is 0 Å². The Balaban J connectivity index is 4.76. The molecule has 0 aliphatic rings. The lowest BCUT2D eigenvalue weighted by Gasteiger charge is -2.28. The monoisotopic (exact) mass is 270 g/mol. The third-order valence-corrected chi connectivity index (χ3v) is 3.08. The number of ether oxygens (including phenoxy) is 2. The molecule has 0 heterocycles. The van der Waals surface area contributed by atoms with Gasteiger partial charge in [-0.15, -0.1) is 17.9 Å². The molecule has 0 aliphatic carbocycles. The average molecular weight is 270 g/mol. The average Bonchev–Trinajstić information content (AvgIpc) is 2.28. The van der Waals surface area contributed by atoms with Gasteiger partial charge >= 0.3 is 0 Å². The van der Waals surface area contributed by atoms with Crippen molar-refractivity contribution in [1.82, 2.24) is 0 Å². The van der Waals surface area contributed by atoms with E-state index in [4.69, 9.17) is 15.9 Å². The van der Waals surface area contributed by atoms with E-state index in [1.165, 1.54) is 7.11 Å². The molecule has 0 rings (SSSR count). The lowest BCUT2D eigenvalue weighted by Crippen LogP contribution is -2.45. The van der Waals surface area contributed by atoms with E-state index in [2.05, 4.69) is 37.0 Å². The van der Waals surface area contributed by atoms with E-state index in [-0.39, 0.29) is 13.2 Å². The van der Waals surface area contributed by atoms with E-state index in [9.17, 15) is 10.2 Å². The van der Waals surface area contributed by atoms with Gasteiger partial charge in [-0.3, -0.25) is 0 Å². The molecule has 2 N–H and O–H groups in total. The maximum absolute atomic E-state index is 10.2. The van der Waals surface area contributed by atoms with Crippen molar-refractivity contribution in [3.63, 3.8) is 0 Å². The highest BCUT2D eigenvalue weighted by Gasteiger charge is 2.35. The molecule has 0 amide bonds. The van der Waals surface area contributed by atoms with E-state index in [1.807, 2.05) is 0 Å². The predicted molar refractivity (Wildman–Crippen MR) is 73.4 cm³/mol. The van der Waals surface area contributed by atoms with Crippen LogP contribution in [0.25, 0.3) is 0 Å². The van der Waals surface area contributed by atoms with Crippen LogP contribution in [0.15, 0.2) is 0 Å². The number of rotatable bonds is 6. The molecule has 0 aromatic heterocycles. The first-order valence-corrected chi connectivity index (χ1v) is 9.20. The molecule has 0 spiro atoms. The van der Waals surface area contributed by atoms with Crippen LogP contribution in [-0.2, 0) is 9.47 Å². The Hall–Kier alpha value is -0.823. The van der Waals surface area contributed by atoms with Gasteiger partial charge in [-0.1, -0.05) is 25.6 Å². The number of methoxy groups -OCH3 is 1. The SMILES string of the molecule is C#C[C@](O)(CC#C[Si](C)(C)C)[C@H](CO)OCOC. The van der Waals surface area contributed by atoms with Gasteiger partial charge < -0.3 is 19.7 Å². The fourth-order valence-corrected chi connectivity index (χ4v) is 1.81. The second-order valence-electron chi connectivity index (χ2n) is 5.04. The summed E-state index contributed by atoms with van der Waals surface area (Å²) < 4.78 is 9.89. The normalized spacial score (nSPS) is 16.1. The van der Waals surface area contributed by atoms with E-state index in [1.54, 1.807) is 0 Å². The van der Waals surface area contributed by atoms with Crippen LogP contribution in [0.3, 0.4) is 0 Å². The Bertz CT molecular complexity index is 345. The summed E-state index contributed by atoms with van der Waals surface area (Å²) in [6.45, 7) is 5.86. The van der Waals surface area contributed by atoms with Gasteiger partial charge in [0, 0.05) is 7.11 Å². The van der Waals surface area contributed by atoms with Crippen molar-refractivity contribution in [1.29, 1.82) is 0 Å². The van der Waals surface area contributed by atoms with Crippen LogP contribution >= 0.6 is 0 Å². The number of hydrogen-bond donors (Lipinski definition) is 2. The van der Waals surface area contributed by atoms with E-state index in [0.29, 0.717) is 0 Å². The first kappa shape index (κ1) is 17.2. The van der Waals surface area contributed by atoms with Crippen LogP contribution in [-0.4, -0.2) is 50.5 Å². The van der Waals surface area contributed by atoms with Gasteiger partial charge in [-0.2, -0.15) is 0 Å². The molecular formula is C13H22O4Si. The molecule has 0 bridgehead atoms. The number of hydrogen-bond acceptors (Lipinski definition) is 4. The molecule has 4 nitrogen and oxygen atoms in total. The zero-order valence-corrected chi connectivity index (χ0v) is 12.5. The highest BCUT2D eigenvalue weighted by atomic mass is 28.3. The molecule has 18 heavy (non-hydrogen) atoms. The minimum Gasteiger partial charge on any atom is -0.394 e. The van der Waals surface area contributed by atoms with Gasteiger partial charge in [-0.05, 0) is 0 Å². The molecule has 0 fully saturated rings. The third-order valence-electron chi connectivity index (χ3n) is 2.16. The smallest absolute Gasteiger partial charge is 0.164 e. The summed E-state index contributed by atoms with van der Waals surface area (Å²) in [6.07, 6.45) is 4.48. The molecule has 0 aromatic carbocycles. The predicted octanol–water partition coefficient (Wildman–Crippen LogP) is 0.603.